The molecule has 1 aliphatic carbocycles. The number of hydrogen-bond donors (Lipinski definition) is 1. The predicted molar refractivity (Wildman–Crippen MR) is 79.2 cm³/mol. The van der Waals surface area contributed by atoms with Gasteiger partial charge in [0, 0.05) is 21.4 Å². The fourth-order valence-electron chi connectivity index (χ4n) is 2.40. The van der Waals surface area contributed by atoms with E-state index in [1.54, 1.807) is 29.5 Å². The Bertz CT molecular complexity index is 592. The molecule has 1 aliphatic rings. The minimum Gasteiger partial charge on any atom is -0.312 e. The first-order chi connectivity index (χ1) is 9.20. The topological polar surface area (TPSA) is 12.0 Å². The first-order valence-electron chi connectivity index (χ1n) is 6.42. The Labute approximate surface area is 121 Å². The first-order valence-corrected chi connectivity index (χ1v) is 7.61. The summed E-state index contributed by atoms with van der Waals surface area (Å²) in [7, 11) is 1.99. The molecule has 1 aromatic heterocycles. The van der Waals surface area contributed by atoms with Crippen LogP contribution in [-0.4, -0.2) is 7.05 Å². The zero-order valence-electron chi connectivity index (χ0n) is 10.6. The smallest absolute Gasteiger partial charge is 0.150 e. The second kappa shape index (κ2) is 5.23. The van der Waals surface area contributed by atoms with E-state index in [1.807, 2.05) is 13.1 Å². The van der Waals surface area contributed by atoms with Crippen molar-refractivity contribution in [2.75, 3.05) is 7.05 Å². The number of benzene rings is 1. The fraction of sp³-hybridized carbons (Fsp3) is 0.333. The van der Waals surface area contributed by atoms with Crippen molar-refractivity contribution >= 4 is 22.9 Å². The molecule has 1 N–H and O–H groups in total. The average molecular weight is 296 g/mol. The quantitative estimate of drug-likeness (QED) is 0.848. The maximum Gasteiger partial charge on any atom is 0.150 e. The molecule has 0 aliphatic heterocycles. The molecule has 2 aromatic rings. The van der Waals surface area contributed by atoms with E-state index in [0.29, 0.717) is 11.6 Å². The number of nitrogens with one attached hydrogen (secondary N) is 1. The summed E-state index contributed by atoms with van der Waals surface area (Å²) in [5.74, 6) is 0.408. The molecular weight excluding hydrogens is 281 g/mol. The highest BCUT2D eigenvalue weighted by Crippen LogP contribution is 2.44. The van der Waals surface area contributed by atoms with Crippen LogP contribution in [0.15, 0.2) is 30.3 Å². The van der Waals surface area contributed by atoms with Crippen LogP contribution in [0, 0.1) is 11.7 Å². The zero-order chi connectivity index (χ0) is 13.4. The minimum absolute atomic E-state index is 0.180. The molecule has 1 nitrogen and oxygen atoms in total. The molecule has 19 heavy (non-hydrogen) atoms. The molecule has 3 rings (SSSR count). The molecular formula is C15H15ClFNS. The van der Waals surface area contributed by atoms with Gasteiger partial charge in [0.2, 0.25) is 0 Å². The van der Waals surface area contributed by atoms with Gasteiger partial charge < -0.3 is 5.32 Å². The van der Waals surface area contributed by atoms with Crippen LogP contribution in [-0.2, 0) is 0 Å². The van der Waals surface area contributed by atoms with E-state index in [4.69, 9.17) is 11.6 Å². The maximum absolute atomic E-state index is 14.0. The summed E-state index contributed by atoms with van der Waals surface area (Å²) < 4.78 is 14.0. The summed E-state index contributed by atoms with van der Waals surface area (Å²) >= 11 is 7.49. The van der Waals surface area contributed by atoms with Crippen molar-refractivity contribution in [2.45, 2.75) is 18.9 Å². The van der Waals surface area contributed by atoms with Gasteiger partial charge in [-0.05, 0) is 44.0 Å². The molecule has 0 amide bonds. The van der Waals surface area contributed by atoms with E-state index in [-0.39, 0.29) is 10.8 Å². The standard InChI is InChI=1S/C15H15ClFNS/c1-18-15(9-5-6-9)13-8-7-12(19-13)10-3-2-4-11(16)14(10)17/h2-4,7-9,15,18H,5-6H2,1H3. The third-order valence-corrected chi connectivity index (χ3v) is 5.05. The molecule has 0 bridgehead atoms. The Morgan fingerprint density at radius 2 is 2.11 bits per heavy atom. The second-order valence-corrected chi connectivity index (χ2v) is 6.43. The van der Waals surface area contributed by atoms with Crippen LogP contribution in [0.25, 0.3) is 10.4 Å². The lowest BCUT2D eigenvalue weighted by atomic mass is 10.1. The van der Waals surface area contributed by atoms with Gasteiger partial charge in [0.25, 0.3) is 0 Å². The zero-order valence-corrected chi connectivity index (χ0v) is 12.2. The van der Waals surface area contributed by atoms with Gasteiger partial charge in [0.1, 0.15) is 5.82 Å². The maximum atomic E-state index is 14.0. The minimum atomic E-state index is -0.329. The Hall–Kier alpha value is -0.900. The van der Waals surface area contributed by atoms with Gasteiger partial charge in [-0.2, -0.15) is 0 Å². The molecule has 1 heterocycles. The van der Waals surface area contributed by atoms with Crippen molar-refractivity contribution in [3.63, 3.8) is 0 Å². The van der Waals surface area contributed by atoms with Crippen LogP contribution in [0.4, 0.5) is 4.39 Å². The van der Waals surface area contributed by atoms with Crippen molar-refractivity contribution < 1.29 is 4.39 Å². The summed E-state index contributed by atoms with van der Waals surface area (Å²) in [6.07, 6.45) is 2.56. The van der Waals surface area contributed by atoms with Gasteiger partial charge >= 0.3 is 0 Å². The fourth-order valence-corrected chi connectivity index (χ4v) is 3.80. The number of rotatable bonds is 4. The third kappa shape index (κ3) is 2.55. The van der Waals surface area contributed by atoms with Gasteiger partial charge in [0.05, 0.1) is 5.02 Å². The second-order valence-electron chi connectivity index (χ2n) is 4.91. The Balaban J connectivity index is 1.94. The van der Waals surface area contributed by atoms with Gasteiger partial charge in [0.15, 0.2) is 0 Å². The highest BCUT2D eigenvalue weighted by Gasteiger charge is 2.32. The summed E-state index contributed by atoms with van der Waals surface area (Å²) in [6.45, 7) is 0. The summed E-state index contributed by atoms with van der Waals surface area (Å²) in [5, 5.41) is 3.54. The van der Waals surface area contributed by atoms with Crippen molar-refractivity contribution in [1.82, 2.24) is 5.32 Å². The number of hydrogen-bond acceptors (Lipinski definition) is 2. The van der Waals surface area contributed by atoms with Crippen molar-refractivity contribution in [2.24, 2.45) is 5.92 Å². The highest BCUT2D eigenvalue weighted by atomic mass is 35.5. The Morgan fingerprint density at radius 1 is 1.32 bits per heavy atom. The van der Waals surface area contributed by atoms with E-state index in [2.05, 4.69) is 11.4 Å². The van der Waals surface area contributed by atoms with Crippen LogP contribution < -0.4 is 5.32 Å². The summed E-state index contributed by atoms with van der Waals surface area (Å²) in [4.78, 5) is 2.22. The van der Waals surface area contributed by atoms with Crippen LogP contribution in [0.2, 0.25) is 5.02 Å². The van der Waals surface area contributed by atoms with Crippen molar-refractivity contribution in [1.29, 1.82) is 0 Å². The van der Waals surface area contributed by atoms with Gasteiger partial charge in [-0.25, -0.2) is 4.39 Å². The first kappa shape index (κ1) is 13.1. The van der Waals surface area contributed by atoms with Crippen molar-refractivity contribution in [3.05, 3.63) is 46.0 Å². The molecule has 4 heteroatoms. The highest BCUT2D eigenvalue weighted by molar-refractivity contribution is 7.15. The van der Waals surface area contributed by atoms with Crippen LogP contribution >= 0.6 is 22.9 Å². The predicted octanol–water partition coefficient (Wildman–Crippen LogP) is 4.88. The van der Waals surface area contributed by atoms with Gasteiger partial charge in [-0.3, -0.25) is 0 Å². The molecule has 100 valence electrons. The third-order valence-electron chi connectivity index (χ3n) is 3.55. The van der Waals surface area contributed by atoms with Crippen LogP contribution in [0.3, 0.4) is 0 Å². The lowest BCUT2D eigenvalue weighted by molar-refractivity contribution is 0.537. The average Bonchev–Trinajstić information content (AvgIpc) is 3.12. The SMILES string of the molecule is CNC(c1ccc(-c2cccc(Cl)c2F)s1)C1CC1. The van der Waals surface area contributed by atoms with Crippen molar-refractivity contribution in [3.8, 4) is 10.4 Å². The van der Waals surface area contributed by atoms with Crippen LogP contribution in [0.5, 0.6) is 0 Å². The lowest BCUT2D eigenvalue weighted by Crippen LogP contribution is -2.16. The van der Waals surface area contributed by atoms with Gasteiger partial charge in [-0.1, -0.05) is 23.7 Å². The number of thiophene rings is 1. The largest absolute Gasteiger partial charge is 0.312 e. The van der Waals surface area contributed by atoms with E-state index < -0.39 is 0 Å². The number of halogens is 2. The Morgan fingerprint density at radius 3 is 2.79 bits per heavy atom. The summed E-state index contributed by atoms with van der Waals surface area (Å²) in [6, 6.07) is 9.64. The monoisotopic (exact) mass is 295 g/mol. The summed E-state index contributed by atoms with van der Waals surface area (Å²) in [5.41, 5.74) is 0.592. The molecule has 0 radical (unpaired) electrons. The van der Waals surface area contributed by atoms with Gasteiger partial charge in [-0.15, -0.1) is 11.3 Å². The molecule has 1 unspecified atom stereocenters. The van der Waals surface area contributed by atoms with Crippen LogP contribution in [0.1, 0.15) is 23.8 Å². The normalized spacial score (nSPS) is 16.6. The molecule has 1 fully saturated rings. The molecule has 1 atom stereocenters. The van der Waals surface area contributed by atoms with E-state index in [9.17, 15) is 4.39 Å². The lowest BCUT2D eigenvalue weighted by Gasteiger charge is -2.12. The molecule has 1 saturated carbocycles. The molecule has 1 aromatic carbocycles. The van der Waals surface area contributed by atoms with E-state index in [1.165, 1.54) is 17.7 Å². The van der Waals surface area contributed by atoms with E-state index in [0.717, 1.165) is 10.8 Å². The molecule has 0 saturated heterocycles. The Kier molecular flexibility index (Phi) is 3.61. The molecule has 0 spiro atoms. The van der Waals surface area contributed by atoms with E-state index >= 15 is 0 Å².